The Kier molecular flexibility index (Phi) is 4.90. The lowest BCUT2D eigenvalue weighted by Gasteiger charge is -2.15. The highest BCUT2D eigenvalue weighted by Gasteiger charge is 2.35. The van der Waals surface area contributed by atoms with Gasteiger partial charge in [0, 0.05) is 0 Å². The molecule has 0 radical (unpaired) electrons. The minimum absolute atomic E-state index is 0.669. The van der Waals surface area contributed by atoms with Gasteiger partial charge in [-0.15, -0.1) is 0 Å². The van der Waals surface area contributed by atoms with Crippen molar-refractivity contribution in [2.24, 2.45) is 0 Å². The number of carboxylic acids is 2. The summed E-state index contributed by atoms with van der Waals surface area (Å²) in [5.41, 5.74) is -2.01. The number of benzene rings is 1. The predicted molar refractivity (Wildman–Crippen MR) is 62.6 cm³/mol. The number of carbonyl (C=O) groups is 3. The van der Waals surface area contributed by atoms with E-state index >= 15 is 0 Å². The molecule has 0 spiro atoms. The highest BCUT2D eigenvalue weighted by molar-refractivity contribution is 5.98. The van der Waals surface area contributed by atoms with Gasteiger partial charge in [-0.05, 0) is 12.1 Å². The number of hydrogen-bond donors (Lipinski definition) is 3. The molecule has 0 unspecified atom stereocenters. The number of rotatable bonds is 5. The maximum absolute atomic E-state index is 12.7. The third-order valence-corrected chi connectivity index (χ3v) is 2.46. The SMILES string of the molecule is O=C(O)C[C@@H](NC(=O)c1ccccc1C(F)(F)F)C(=O)O. The van der Waals surface area contributed by atoms with E-state index in [1.807, 2.05) is 0 Å². The summed E-state index contributed by atoms with van der Waals surface area (Å²) in [6.07, 6.45) is -5.74. The van der Waals surface area contributed by atoms with Crippen molar-refractivity contribution in [1.29, 1.82) is 0 Å². The lowest BCUT2D eigenvalue weighted by Crippen LogP contribution is -2.42. The fourth-order valence-corrected chi connectivity index (χ4v) is 1.54. The van der Waals surface area contributed by atoms with Crippen LogP contribution in [-0.2, 0) is 15.8 Å². The quantitative estimate of drug-likeness (QED) is 0.762. The zero-order valence-corrected chi connectivity index (χ0v) is 10.3. The minimum Gasteiger partial charge on any atom is -0.481 e. The summed E-state index contributed by atoms with van der Waals surface area (Å²) in [6.45, 7) is 0. The van der Waals surface area contributed by atoms with Gasteiger partial charge in [0.25, 0.3) is 5.91 Å². The average Bonchev–Trinajstić information content (AvgIpc) is 2.36. The predicted octanol–water partition coefficient (Wildman–Crippen LogP) is 1.36. The summed E-state index contributed by atoms with van der Waals surface area (Å²) in [5, 5.41) is 19.0. The number of amides is 1. The molecule has 114 valence electrons. The van der Waals surface area contributed by atoms with Crippen LogP contribution in [0.1, 0.15) is 22.3 Å². The molecule has 0 aliphatic carbocycles. The van der Waals surface area contributed by atoms with Crippen LogP contribution in [-0.4, -0.2) is 34.1 Å². The lowest BCUT2D eigenvalue weighted by atomic mass is 10.1. The molecule has 0 aromatic heterocycles. The van der Waals surface area contributed by atoms with Crippen LogP contribution in [0.5, 0.6) is 0 Å². The zero-order valence-electron chi connectivity index (χ0n) is 10.3. The number of carboxylic acid groups (broad SMARTS) is 2. The molecule has 1 rings (SSSR count). The van der Waals surface area contributed by atoms with E-state index in [2.05, 4.69) is 0 Å². The smallest absolute Gasteiger partial charge is 0.417 e. The van der Waals surface area contributed by atoms with Crippen molar-refractivity contribution in [1.82, 2.24) is 5.32 Å². The van der Waals surface area contributed by atoms with Gasteiger partial charge in [0.05, 0.1) is 17.5 Å². The van der Waals surface area contributed by atoms with Crippen molar-refractivity contribution in [3.8, 4) is 0 Å². The number of halogens is 3. The Labute approximate surface area is 116 Å². The van der Waals surface area contributed by atoms with Crippen molar-refractivity contribution in [2.75, 3.05) is 0 Å². The van der Waals surface area contributed by atoms with E-state index in [9.17, 15) is 27.6 Å². The highest BCUT2D eigenvalue weighted by atomic mass is 19.4. The van der Waals surface area contributed by atoms with Crippen LogP contribution < -0.4 is 5.32 Å². The molecule has 9 heteroatoms. The third kappa shape index (κ3) is 4.48. The van der Waals surface area contributed by atoms with Gasteiger partial charge >= 0.3 is 18.1 Å². The van der Waals surface area contributed by atoms with Crippen LogP contribution in [0.25, 0.3) is 0 Å². The maximum atomic E-state index is 12.7. The first-order valence-electron chi connectivity index (χ1n) is 5.54. The summed E-state index contributed by atoms with van der Waals surface area (Å²) in [7, 11) is 0. The van der Waals surface area contributed by atoms with Gasteiger partial charge in [0.15, 0.2) is 0 Å². The molecular weight excluding hydrogens is 295 g/mol. The molecule has 1 atom stereocenters. The number of aliphatic carboxylic acids is 2. The largest absolute Gasteiger partial charge is 0.481 e. The fourth-order valence-electron chi connectivity index (χ4n) is 1.54. The van der Waals surface area contributed by atoms with Gasteiger partial charge in [-0.1, -0.05) is 12.1 Å². The number of carbonyl (C=O) groups excluding carboxylic acids is 1. The molecule has 0 saturated heterocycles. The Morgan fingerprint density at radius 1 is 1.14 bits per heavy atom. The molecule has 1 aromatic carbocycles. The molecule has 21 heavy (non-hydrogen) atoms. The second-order valence-corrected chi connectivity index (χ2v) is 4.01. The van der Waals surface area contributed by atoms with Crippen molar-refractivity contribution in [3.63, 3.8) is 0 Å². The van der Waals surface area contributed by atoms with Crippen LogP contribution in [0.2, 0.25) is 0 Å². The first-order chi connectivity index (χ1) is 9.62. The standard InChI is InChI=1S/C12H10F3NO5/c13-12(14,15)7-4-2-1-3-6(7)10(19)16-8(11(20)21)5-9(17)18/h1-4,8H,5H2,(H,16,19)(H,17,18)(H,20,21)/t8-/m1/s1. The first-order valence-corrected chi connectivity index (χ1v) is 5.54. The molecule has 1 aromatic rings. The van der Waals surface area contributed by atoms with Gasteiger partial charge in [-0.25, -0.2) is 4.79 Å². The highest BCUT2D eigenvalue weighted by Crippen LogP contribution is 2.31. The molecule has 3 N–H and O–H groups in total. The number of nitrogens with one attached hydrogen (secondary N) is 1. The van der Waals surface area contributed by atoms with Crippen molar-refractivity contribution < 1.29 is 37.8 Å². The fraction of sp³-hybridized carbons (Fsp3) is 0.250. The van der Waals surface area contributed by atoms with Crippen LogP contribution >= 0.6 is 0 Å². The van der Waals surface area contributed by atoms with E-state index in [4.69, 9.17) is 10.2 Å². The first kappa shape index (κ1) is 16.5. The van der Waals surface area contributed by atoms with Crippen molar-refractivity contribution in [2.45, 2.75) is 18.6 Å². The van der Waals surface area contributed by atoms with E-state index in [0.717, 1.165) is 12.1 Å². The van der Waals surface area contributed by atoms with E-state index < -0.39 is 47.6 Å². The second-order valence-electron chi connectivity index (χ2n) is 4.01. The monoisotopic (exact) mass is 305 g/mol. The van der Waals surface area contributed by atoms with E-state index in [0.29, 0.717) is 6.07 Å². The van der Waals surface area contributed by atoms with Crippen molar-refractivity contribution >= 4 is 17.8 Å². The Bertz CT molecular complexity index is 570. The van der Waals surface area contributed by atoms with Gasteiger partial charge in [-0.3, -0.25) is 9.59 Å². The summed E-state index contributed by atoms with van der Waals surface area (Å²) >= 11 is 0. The summed E-state index contributed by atoms with van der Waals surface area (Å²) in [4.78, 5) is 33.0. The molecule has 0 aliphatic rings. The molecule has 0 saturated carbocycles. The molecule has 1 amide bonds. The topological polar surface area (TPSA) is 104 Å². The van der Waals surface area contributed by atoms with Crippen LogP contribution in [0.4, 0.5) is 13.2 Å². The third-order valence-electron chi connectivity index (χ3n) is 2.46. The van der Waals surface area contributed by atoms with Crippen LogP contribution in [0.15, 0.2) is 24.3 Å². The van der Waals surface area contributed by atoms with Gasteiger partial charge in [0.2, 0.25) is 0 Å². The number of hydrogen-bond acceptors (Lipinski definition) is 3. The average molecular weight is 305 g/mol. The zero-order chi connectivity index (χ0) is 16.2. The summed E-state index contributed by atoms with van der Waals surface area (Å²) < 4.78 is 38.2. The van der Waals surface area contributed by atoms with Crippen LogP contribution in [0.3, 0.4) is 0 Å². The molecule has 0 aliphatic heterocycles. The van der Waals surface area contributed by atoms with E-state index in [1.165, 1.54) is 6.07 Å². The molecule has 0 bridgehead atoms. The summed E-state index contributed by atoms with van der Waals surface area (Å²) in [6, 6.07) is 1.97. The number of alkyl halides is 3. The van der Waals surface area contributed by atoms with Gasteiger partial charge < -0.3 is 15.5 Å². The van der Waals surface area contributed by atoms with Gasteiger partial charge in [-0.2, -0.15) is 13.2 Å². The Hall–Kier alpha value is -2.58. The Morgan fingerprint density at radius 2 is 1.71 bits per heavy atom. The van der Waals surface area contributed by atoms with Crippen molar-refractivity contribution in [3.05, 3.63) is 35.4 Å². The van der Waals surface area contributed by atoms with E-state index in [1.54, 1.807) is 5.32 Å². The van der Waals surface area contributed by atoms with Crippen LogP contribution in [0, 0.1) is 0 Å². The van der Waals surface area contributed by atoms with E-state index in [-0.39, 0.29) is 0 Å². The Balaban J connectivity index is 3.04. The molecule has 0 heterocycles. The molecular formula is C12H10F3NO5. The minimum atomic E-state index is -4.79. The normalized spacial score (nSPS) is 12.5. The Morgan fingerprint density at radius 3 is 2.19 bits per heavy atom. The molecule has 0 fully saturated rings. The second kappa shape index (κ2) is 6.25. The molecule has 6 nitrogen and oxygen atoms in total. The lowest BCUT2D eigenvalue weighted by molar-refractivity contribution is -0.145. The summed E-state index contributed by atoms with van der Waals surface area (Å²) in [5.74, 6) is -4.47. The maximum Gasteiger partial charge on any atom is 0.417 e. The van der Waals surface area contributed by atoms with Gasteiger partial charge in [0.1, 0.15) is 6.04 Å².